The van der Waals surface area contributed by atoms with Gasteiger partial charge in [-0.25, -0.2) is 0 Å². The Morgan fingerprint density at radius 2 is 2.00 bits per heavy atom. The minimum atomic E-state index is 0.602. The molecule has 0 radical (unpaired) electrons. The van der Waals surface area contributed by atoms with Gasteiger partial charge in [-0.3, -0.25) is 0 Å². The van der Waals surface area contributed by atoms with Crippen molar-refractivity contribution >= 4 is 17.5 Å². The van der Waals surface area contributed by atoms with Gasteiger partial charge in [0.05, 0.1) is 5.88 Å². The van der Waals surface area contributed by atoms with E-state index in [9.17, 15) is 0 Å². The van der Waals surface area contributed by atoms with Crippen LogP contribution < -0.4 is 0 Å². The Hall–Kier alpha value is -0.890. The van der Waals surface area contributed by atoms with Crippen LogP contribution in [0.2, 0.25) is 0 Å². The van der Waals surface area contributed by atoms with Crippen molar-refractivity contribution in [3.63, 3.8) is 0 Å². The molecule has 1 nitrogen and oxygen atoms in total. The highest BCUT2D eigenvalue weighted by Gasteiger charge is 2.14. The first-order valence-corrected chi connectivity index (χ1v) is 6.96. The molecule has 1 aliphatic heterocycles. The third-order valence-electron chi connectivity index (χ3n) is 3.04. The summed E-state index contributed by atoms with van der Waals surface area (Å²) in [6.07, 6.45) is 0. The zero-order chi connectivity index (χ0) is 11.5. The van der Waals surface area contributed by atoms with Crippen LogP contribution in [-0.2, 0) is 0 Å². The lowest BCUT2D eigenvalue weighted by atomic mass is 10.0. The maximum absolute atomic E-state index is 4.19. The molecule has 1 heterocycles. The first-order valence-electron chi connectivity index (χ1n) is 5.80. The lowest BCUT2D eigenvalue weighted by Crippen LogP contribution is -2.16. The molecule has 1 aromatic rings. The molecular weight excluding hydrogens is 214 g/mol. The van der Waals surface area contributed by atoms with Crippen molar-refractivity contribution < 1.29 is 0 Å². The SMILES string of the molecule is C=C(c1ccc(C(C)C)cc1)N1CCSC1. The third-order valence-corrected chi connectivity index (χ3v) is 4.01. The number of thioether (sulfide) groups is 1. The van der Waals surface area contributed by atoms with Crippen LogP contribution >= 0.6 is 11.8 Å². The molecule has 0 bridgehead atoms. The number of benzene rings is 1. The highest BCUT2D eigenvalue weighted by Crippen LogP contribution is 2.25. The fraction of sp³-hybridized carbons (Fsp3) is 0.429. The number of rotatable bonds is 3. The van der Waals surface area contributed by atoms with E-state index in [1.54, 1.807) is 0 Å². The molecule has 1 aliphatic rings. The van der Waals surface area contributed by atoms with Gasteiger partial charge in [-0.2, -0.15) is 0 Å². The zero-order valence-electron chi connectivity index (χ0n) is 10.1. The molecule has 1 saturated heterocycles. The monoisotopic (exact) mass is 233 g/mol. The summed E-state index contributed by atoms with van der Waals surface area (Å²) in [5.74, 6) is 2.91. The summed E-state index contributed by atoms with van der Waals surface area (Å²) in [6, 6.07) is 8.82. The topological polar surface area (TPSA) is 3.24 Å². The van der Waals surface area contributed by atoms with Crippen LogP contribution in [0.15, 0.2) is 30.8 Å². The van der Waals surface area contributed by atoms with Gasteiger partial charge in [0.25, 0.3) is 0 Å². The Morgan fingerprint density at radius 1 is 1.31 bits per heavy atom. The minimum absolute atomic E-state index is 0.602. The standard InChI is InChI=1S/C14H19NS/c1-11(2)13-4-6-14(7-5-13)12(3)15-8-9-16-10-15/h4-7,11H,3,8-10H2,1-2H3. The van der Waals surface area contributed by atoms with Gasteiger partial charge in [0.1, 0.15) is 0 Å². The fourth-order valence-electron chi connectivity index (χ4n) is 1.87. The summed E-state index contributed by atoms with van der Waals surface area (Å²) in [7, 11) is 0. The van der Waals surface area contributed by atoms with E-state index in [0.717, 1.165) is 12.4 Å². The first-order chi connectivity index (χ1) is 7.68. The highest BCUT2D eigenvalue weighted by molar-refractivity contribution is 7.99. The molecule has 0 saturated carbocycles. The van der Waals surface area contributed by atoms with E-state index < -0.39 is 0 Å². The maximum atomic E-state index is 4.19. The fourth-order valence-corrected chi connectivity index (χ4v) is 2.85. The summed E-state index contributed by atoms with van der Waals surface area (Å²) in [5.41, 5.74) is 3.82. The van der Waals surface area contributed by atoms with Crippen molar-refractivity contribution in [2.75, 3.05) is 18.2 Å². The lowest BCUT2D eigenvalue weighted by Gasteiger charge is -2.20. The van der Waals surface area contributed by atoms with Crippen LogP contribution in [0, 0.1) is 0 Å². The van der Waals surface area contributed by atoms with Gasteiger partial charge in [-0.15, -0.1) is 11.8 Å². The van der Waals surface area contributed by atoms with E-state index in [1.165, 1.54) is 22.6 Å². The van der Waals surface area contributed by atoms with Gasteiger partial charge in [-0.05, 0) is 17.0 Å². The van der Waals surface area contributed by atoms with E-state index in [4.69, 9.17) is 0 Å². The molecule has 0 aromatic heterocycles. The molecule has 0 N–H and O–H groups in total. The average molecular weight is 233 g/mol. The molecule has 0 aliphatic carbocycles. The summed E-state index contributed by atoms with van der Waals surface area (Å²) >= 11 is 1.98. The molecule has 0 spiro atoms. The molecule has 86 valence electrons. The Morgan fingerprint density at radius 3 is 2.50 bits per heavy atom. The van der Waals surface area contributed by atoms with Gasteiger partial charge in [0.2, 0.25) is 0 Å². The van der Waals surface area contributed by atoms with Crippen molar-refractivity contribution in [2.45, 2.75) is 19.8 Å². The minimum Gasteiger partial charge on any atom is -0.361 e. The quantitative estimate of drug-likeness (QED) is 0.781. The van der Waals surface area contributed by atoms with Crippen LogP contribution in [0.1, 0.15) is 30.9 Å². The number of nitrogens with zero attached hydrogens (tertiary/aromatic N) is 1. The highest BCUT2D eigenvalue weighted by atomic mass is 32.2. The summed E-state index contributed by atoms with van der Waals surface area (Å²) in [5, 5.41) is 0. The predicted octanol–water partition coefficient (Wildman–Crippen LogP) is 3.79. The van der Waals surface area contributed by atoms with Crippen LogP contribution in [-0.4, -0.2) is 23.1 Å². The third kappa shape index (κ3) is 2.43. The van der Waals surface area contributed by atoms with Crippen molar-refractivity contribution in [3.05, 3.63) is 42.0 Å². The van der Waals surface area contributed by atoms with Crippen LogP contribution in [0.3, 0.4) is 0 Å². The van der Waals surface area contributed by atoms with E-state index in [-0.39, 0.29) is 0 Å². The predicted molar refractivity (Wildman–Crippen MR) is 73.6 cm³/mol. The molecule has 0 amide bonds. The summed E-state index contributed by atoms with van der Waals surface area (Å²) < 4.78 is 0. The Kier molecular flexibility index (Phi) is 3.59. The number of hydrogen-bond acceptors (Lipinski definition) is 2. The normalized spacial score (nSPS) is 15.8. The van der Waals surface area contributed by atoms with Gasteiger partial charge < -0.3 is 4.90 Å². The van der Waals surface area contributed by atoms with Crippen LogP contribution in [0.4, 0.5) is 0 Å². The lowest BCUT2D eigenvalue weighted by molar-refractivity contribution is 0.517. The van der Waals surface area contributed by atoms with Crippen molar-refractivity contribution in [2.24, 2.45) is 0 Å². The largest absolute Gasteiger partial charge is 0.361 e. The second kappa shape index (κ2) is 4.96. The van der Waals surface area contributed by atoms with Crippen LogP contribution in [0.25, 0.3) is 5.70 Å². The average Bonchev–Trinajstić information content (AvgIpc) is 2.81. The number of hydrogen-bond donors (Lipinski definition) is 0. The second-order valence-corrected chi connectivity index (χ2v) is 5.60. The van der Waals surface area contributed by atoms with Gasteiger partial charge in [0, 0.05) is 18.0 Å². The van der Waals surface area contributed by atoms with Gasteiger partial charge in [0.15, 0.2) is 0 Å². The first kappa shape index (κ1) is 11.6. The molecule has 2 heteroatoms. The van der Waals surface area contributed by atoms with E-state index in [1.807, 2.05) is 11.8 Å². The van der Waals surface area contributed by atoms with E-state index in [0.29, 0.717) is 5.92 Å². The molecular formula is C14H19NS. The maximum Gasteiger partial charge on any atom is 0.0640 e. The van der Waals surface area contributed by atoms with E-state index in [2.05, 4.69) is 49.6 Å². The van der Waals surface area contributed by atoms with E-state index >= 15 is 0 Å². The Balaban J connectivity index is 2.11. The van der Waals surface area contributed by atoms with Gasteiger partial charge >= 0.3 is 0 Å². The summed E-state index contributed by atoms with van der Waals surface area (Å²) in [4.78, 5) is 2.36. The molecule has 16 heavy (non-hydrogen) atoms. The zero-order valence-corrected chi connectivity index (χ0v) is 10.9. The van der Waals surface area contributed by atoms with Crippen molar-refractivity contribution in [3.8, 4) is 0 Å². The molecule has 0 atom stereocenters. The van der Waals surface area contributed by atoms with Crippen molar-refractivity contribution in [1.29, 1.82) is 0 Å². The van der Waals surface area contributed by atoms with Gasteiger partial charge in [-0.1, -0.05) is 44.7 Å². The molecule has 1 aromatic carbocycles. The second-order valence-electron chi connectivity index (χ2n) is 4.52. The smallest absolute Gasteiger partial charge is 0.0640 e. The van der Waals surface area contributed by atoms with Crippen LogP contribution in [0.5, 0.6) is 0 Å². The Labute approximate surface area is 103 Å². The Bertz CT molecular complexity index is 361. The molecule has 0 unspecified atom stereocenters. The summed E-state index contributed by atoms with van der Waals surface area (Å²) in [6.45, 7) is 9.77. The molecule has 2 rings (SSSR count). The van der Waals surface area contributed by atoms with Crippen molar-refractivity contribution in [1.82, 2.24) is 4.90 Å². The molecule has 1 fully saturated rings.